The van der Waals surface area contributed by atoms with Crippen LogP contribution in [0, 0.1) is 12.8 Å². The van der Waals surface area contributed by atoms with Gasteiger partial charge in [-0.15, -0.1) is 0 Å². The molecule has 6 nitrogen and oxygen atoms in total. The molecule has 3 N–H and O–H groups in total. The molecule has 0 spiro atoms. The Hall–Kier alpha value is -1.98. The summed E-state index contributed by atoms with van der Waals surface area (Å²) in [5.41, 5.74) is 0.133. The third-order valence-electron chi connectivity index (χ3n) is 3.97. The van der Waals surface area contributed by atoms with Crippen LogP contribution in [0.3, 0.4) is 0 Å². The Morgan fingerprint density at radius 3 is 2.57 bits per heavy atom. The molecule has 1 aromatic heterocycles. The predicted molar refractivity (Wildman–Crippen MR) is 77.2 cm³/mol. The number of aromatic carboxylic acids is 1. The Morgan fingerprint density at radius 1 is 1.33 bits per heavy atom. The summed E-state index contributed by atoms with van der Waals surface area (Å²) in [6, 6.07) is 1.44. The van der Waals surface area contributed by atoms with Crippen molar-refractivity contribution in [1.82, 2.24) is 10.6 Å². The van der Waals surface area contributed by atoms with Crippen molar-refractivity contribution in [2.24, 2.45) is 5.92 Å². The van der Waals surface area contributed by atoms with Crippen molar-refractivity contribution >= 4 is 12.0 Å². The zero-order chi connectivity index (χ0) is 15.4. The first-order valence-electron chi connectivity index (χ1n) is 7.32. The summed E-state index contributed by atoms with van der Waals surface area (Å²) in [6.45, 7) is 4.01. The Morgan fingerprint density at radius 2 is 2.00 bits per heavy atom. The molecule has 0 bridgehead atoms. The van der Waals surface area contributed by atoms with Crippen molar-refractivity contribution < 1.29 is 19.1 Å². The lowest BCUT2D eigenvalue weighted by Crippen LogP contribution is -2.43. The normalized spacial score (nSPS) is 21.8. The molecule has 0 unspecified atom stereocenters. The lowest BCUT2D eigenvalue weighted by molar-refractivity contribution is 0.0695. The quantitative estimate of drug-likeness (QED) is 0.796. The predicted octanol–water partition coefficient (Wildman–Crippen LogP) is 2.66. The maximum absolute atomic E-state index is 11.8. The van der Waals surface area contributed by atoms with Crippen molar-refractivity contribution in [3.63, 3.8) is 0 Å². The average molecular weight is 294 g/mol. The average Bonchev–Trinajstić information content (AvgIpc) is 2.81. The molecular weight excluding hydrogens is 272 g/mol. The molecule has 0 atom stereocenters. The van der Waals surface area contributed by atoms with Crippen LogP contribution in [0.5, 0.6) is 0 Å². The molecule has 1 heterocycles. The SMILES string of the molecule is Cc1oc(CNC(=O)NC2CCC(C)CC2)cc1C(=O)O. The first-order chi connectivity index (χ1) is 9.95. The van der Waals surface area contributed by atoms with E-state index >= 15 is 0 Å². The maximum Gasteiger partial charge on any atom is 0.339 e. The number of carbonyl (C=O) groups is 2. The lowest BCUT2D eigenvalue weighted by Gasteiger charge is -2.26. The van der Waals surface area contributed by atoms with Gasteiger partial charge in [-0.05, 0) is 44.6 Å². The number of carboxylic acid groups (broad SMARTS) is 1. The molecule has 21 heavy (non-hydrogen) atoms. The number of furan rings is 1. The molecule has 2 rings (SSSR count). The van der Waals surface area contributed by atoms with Crippen LogP contribution in [0.2, 0.25) is 0 Å². The molecule has 1 aliphatic carbocycles. The molecule has 0 saturated heterocycles. The molecular formula is C15H22N2O4. The fourth-order valence-corrected chi connectivity index (χ4v) is 2.65. The van der Waals surface area contributed by atoms with Crippen LogP contribution in [0.25, 0.3) is 0 Å². The molecule has 2 amide bonds. The highest BCUT2D eigenvalue weighted by Gasteiger charge is 2.20. The van der Waals surface area contributed by atoms with Gasteiger partial charge in [0.25, 0.3) is 0 Å². The molecule has 1 aromatic rings. The van der Waals surface area contributed by atoms with E-state index in [0.717, 1.165) is 31.6 Å². The van der Waals surface area contributed by atoms with E-state index in [0.29, 0.717) is 11.5 Å². The summed E-state index contributed by atoms with van der Waals surface area (Å²) >= 11 is 0. The highest BCUT2D eigenvalue weighted by Crippen LogP contribution is 2.23. The van der Waals surface area contributed by atoms with E-state index in [2.05, 4.69) is 17.6 Å². The molecule has 0 aromatic carbocycles. The van der Waals surface area contributed by atoms with Crippen LogP contribution < -0.4 is 10.6 Å². The largest absolute Gasteiger partial charge is 0.478 e. The van der Waals surface area contributed by atoms with Crippen molar-refractivity contribution in [2.75, 3.05) is 0 Å². The van der Waals surface area contributed by atoms with Crippen molar-refractivity contribution in [1.29, 1.82) is 0 Å². The fourth-order valence-electron chi connectivity index (χ4n) is 2.65. The number of amides is 2. The highest BCUT2D eigenvalue weighted by molar-refractivity contribution is 5.88. The molecule has 1 fully saturated rings. The first-order valence-corrected chi connectivity index (χ1v) is 7.32. The molecule has 6 heteroatoms. The van der Waals surface area contributed by atoms with E-state index in [1.54, 1.807) is 6.92 Å². The summed E-state index contributed by atoms with van der Waals surface area (Å²) in [4.78, 5) is 22.7. The number of carboxylic acids is 1. The van der Waals surface area contributed by atoms with Crippen LogP contribution in [0.1, 0.15) is 54.5 Å². The minimum atomic E-state index is -1.02. The van der Waals surface area contributed by atoms with Gasteiger partial charge in [0.05, 0.1) is 6.54 Å². The van der Waals surface area contributed by atoms with Gasteiger partial charge in [0.15, 0.2) is 0 Å². The Kier molecular flexibility index (Phi) is 4.88. The summed E-state index contributed by atoms with van der Waals surface area (Å²) in [7, 11) is 0. The molecule has 1 saturated carbocycles. The third-order valence-corrected chi connectivity index (χ3v) is 3.97. The molecule has 1 aliphatic rings. The van der Waals surface area contributed by atoms with E-state index in [9.17, 15) is 9.59 Å². The second-order valence-electron chi connectivity index (χ2n) is 5.77. The topological polar surface area (TPSA) is 91.6 Å². The number of nitrogens with one attached hydrogen (secondary N) is 2. The van der Waals surface area contributed by atoms with Crippen LogP contribution in [0.15, 0.2) is 10.5 Å². The Labute approximate surface area is 123 Å². The van der Waals surface area contributed by atoms with E-state index in [1.165, 1.54) is 6.07 Å². The second kappa shape index (κ2) is 6.65. The molecule has 0 aliphatic heterocycles. The van der Waals surface area contributed by atoms with Crippen molar-refractivity contribution in [2.45, 2.75) is 52.1 Å². The van der Waals surface area contributed by atoms with Gasteiger partial charge >= 0.3 is 12.0 Å². The monoisotopic (exact) mass is 294 g/mol. The van der Waals surface area contributed by atoms with E-state index in [-0.39, 0.29) is 24.2 Å². The lowest BCUT2D eigenvalue weighted by atomic mass is 9.87. The maximum atomic E-state index is 11.8. The Bertz CT molecular complexity index is 516. The highest BCUT2D eigenvalue weighted by atomic mass is 16.4. The van der Waals surface area contributed by atoms with Gasteiger partial charge < -0.3 is 20.2 Å². The van der Waals surface area contributed by atoms with Gasteiger partial charge in [0.1, 0.15) is 17.1 Å². The molecule has 116 valence electrons. The second-order valence-corrected chi connectivity index (χ2v) is 5.77. The van der Waals surface area contributed by atoms with Gasteiger partial charge in [-0.2, -0.15) is 0 Å². The van der Waals surface area contributed by atoms with Crippen molar-refractivity contribution in [3.05, 3.63) is 23.2 Å². The summed E-state index contributed by atoms with van der Waals surface area (Å²) in [5, 5.41) is 14.6. The minimum absolute atomic E-state index is 0.133. The number of carbonyl (C=O) groups excluding carboxylic acids is 1. The molecule has 0 radical (unpaired) electrons. The fraction of sp³-hybridized carbons (Fsp3) is 0.600. The van der Waals surface area contributed by atoms with E-state index in [1.807, 2.05) is 0 Å². The van der Waals surface area contributed by atoms with Crippen molar-refractivity contribution in [3.8, 4) is 0 Å². The van der Waals surface area contributed by atoms with Crippen LogP contribution in [-0.4, -0.2) is 23.1 Å². The standard InChI is InChI=1S/C15H22N2O4/c1-9-3-5-11(6-4-9)17-15(20)16-8-12-7-13(14(18)19)10(2)21-12/h7,9,11H,3-6,8H2,1-2H3,(H,18,19)(H2,16,17,20). The van der Waals surface area contributed by atoms with Crippen LogP contribution in [-0.2, 0) is 6.54 Å². The van der Waals surface area contributed by atoms with Crippen LogP contribution in [0.4, 0.5) is 4.79 Å². The number of hydrogen-bond donors (Lipinski definition) is 3. The van der Waals surface area contributed by atoms with Gasteiger partial charge in [-0.25, -0.2) is 9.59 Å². The van der Waals surface area contributed by atoms with E-state index in [4.69, 9.17) is 9.52 Å². The smallest absolute Gasteiger partial charge is 0.339 e. The first kappa shape index (κ1) is 15.4. The van der Waals surface area contributed by atoms with Gasteiger partial charge in [0, 0.05) is 6.04 Å². The van der Waals surface area contributed by atoms with Gasteiger partial charge in [-0.3, -0.25) is 0 Å². The van der Waals surface area contributed by atoms with Gasteiger partial charge in [-0.1, -0.05) is 6.92 Å². The summed E-state index contributed by atoms with van der Waals surface area (Å²) < 4.78 is 5.31. The van der Waals surface area contributed by atoms with E-state index < -0.39 is 5.97 Å². The number of hydrogen-bond acceptors (Lipinski definition) is 3. The third kappa shape index (κ3) is 4.24. The summed E-state index contributed by atoms with van der Waals surface area (Å²) in [5.74, 6) is 0.508. The van der Waals surface area contributed by atoms with Crippen LogP contribution >= 0.6 is 0 Å². The number of aryl methyl sites for hydroxylation is 1. The number of urea groups is 1. The zero-order valence-corrected chi connectivity index (χ0v) is 12.4. The Balaban J connectivity index is 1.78. The summed E-state index contributed by atoms with van der Waals surface area (Å²) in [6.07, 6.45) is 4.31. The van der Waals surface area contributed by atoms with Gasteiger partial charge in [0.2, 0.25) is 0 Å². The number of rotatable bonds is 4. The zero-order valence-electron chi connectivity index (χ0n) is 12.4. The minimum Gasteiger partial charge on any atom is -0.478 e.